The Balaban J connectivity index is 2.53. The molecule has 0 saturated heterocycles. The molecule has 96 valence electrons. The number of rotatable bonds is 5. The molecule has 1 rings (SSSR count). The summed E-state index contributed by atoms with van der Waals surface area (Å²) in [5.74, 6) is 2.80. The molecule has 0 saturated carbocycles. The SMILES string of the molecule is C#CC(I)OC(=O)Cc1ccc(OC(C)C)cc1. The maximum Gasteiger partial charge on any atom is 0.312 e. The first-order valence-electron chi connectivity index (χ1n) is 5.56. The van der Waals surface area contributed by atoms with Crippen LogP contribution in [0.4, 0.5) is 0 Å². The maximum atomic E-state index is 11.5. The van der Waals surface area contributed by atoms with Crippen molar-refractivity contribution in [2.45, 2.75) is 30.5 Å². The van der Waals surface area contributed by atoms with Crippen molar-refractivity contribution >= 4 is 28.6 Å². The van der Waals surface area contributed by atoms with Gasteiger partial charge in [0.1, 0.15) is 5.75 Å². The number of alkyl halides is 1. The first-order valence-corrected chi connectivity index (χ1v) is 6.81. The Kier molecular flexibility index (Phi) is 5.99. The van der Waals surface area contributed by atoms with E-state index in [1.807, 2.05) is 60.7 Å². The van der Waals surface area contributed by atoms with Crippen molar-refractivity contribution < 1.29 is 14.3 Å². The Labute approximate surface area is 121 Å². The minimum Gasteiger partial charge on any atom is -0.491 e. The van der Waals surface area contributed by atoms with Gasteiger partial charge in [-0.15, -0.1) is 6.42 Å². The van der Waals surface area contributed by atoms with E-state index in [0.29, 0.717) is 0 Å². The van der Waals surface area contributed by atoms with Gasteiger partial charge in [0.05, 0.1) is 12.5 Å². The number of esters is 1. The summed E-state index contributed by atoms with van der Waals surface area (Å²) in [6.07, 6.45) is 5.48. The zero-order chi connectivity index (χ0) is 13.5. The van der Waals surface area contributed by atoms with E-state index in [-0.39, 0.29) is 18.5 Å². The molecule has 0 amide bonds. The fourth-order valence-corrected chi connectivity index (χ4v) is 1.60. The summed E-state index contributed by atoms with van der Waals surface area (Å²) in [6, 6.07) is 7.37. The normalized spacial score (nSPS) is 11.7. The minimum absolute atomic E-state index is 0.135. The van der Waals surface area contributed by atoms with Gasteiger partial charge in [-0.05, 0) is 54.1 Å². The van der Waals surface area contributed by atoms with Crippen molar-refractivity contribution in [1.82, 2.24) is 0 Å². The van der Waals surface area contributed by atoms with Crippen LogP contribution in [0.3, 0.4) is 0 Å². The van der Waals surface area contributed by atoms with Gasteiger partial charge in [-0.25, -0.2) is 0 Å². The molecule has 0 radical (unpaired) electrons. The molecule has 0 aliphatic rings. The van der Waals surface area contributed by atoms with Gasteiger partial charge in [-0.2, -0.15) is 0 Å². The highest BCUT2D eigenvalue weighted by molar-refractivity contribution is 14.1. The number of ether oxygens (including phenoxy) is 2. The van der Waals surface area contributed by atoms with Crippen molar-refractivity contribution in [3.05, 3.63) is 29.8 Å². The third-order valence-corrected chi connectivity index (χ3v) is 2.62. The van der Waals surface area contributed by atoms with Crippen molar-refractivity contribution in [3.63, 3.8) is 0 Å². The molecule has 1 atom stereocenters. The molecule has 0 N–H and O–H groups in total. The number of carbonyl (C=O) groups is 1. The average Bonchev–Trinajstić information content (AvgIpc) is 2.30. The molecule has 4 heteroatoms. The Morgan fingerprint density at radius 1 is 1.39 bits per heavy atom. The van der Waals surface area contributed by atoms with E-state index in [1.165, 1.54) is 0 Å². The van der Waals surface area contributed by atoms with E-state index in [4.69, 9.17) is 15.9 Å². The molecule has 0 aromatic heterocycles. The van der Waals surface area contributed by atoms with Crippen LogP contribution in [-0.2, 0) is 16.0 Å². The van der Waals surface area contributed by atoms with Crippen molar-refractivity contribution in [3.8, 4) is 18.1 Å². The largest absolute Gasteiger partial charge is 0.491 e. The topological polar surface area (TPSA) is 35.5 Å². The second kappa shape index (κ2) is 7.27. The fourth-order valence-electron chi connectivity index (χ4n) is 1.32. The predicted molar refractivity (Wildman–Crippen MR) is 78.6 cm³/mol. The minimum atomic E-state index is -0.515. The predicted octanol–water partition coefficient (Wildman–Crippen LogP) is 2.95. The van der Waals surface area contributed by atoms with Crippen LogP contribution >= 0.6 is 22.6 Å². The summed E-state index contributed by atoms with van der Waals surface area (Å²) in [7, 11) is 0. The van der Waals surface area contributed by atoms with E-state index in [9.17, 15) is 4.79 Å². The molecule has 0 bridgehead atoms. The van der Waals surface area contributed by atoms with Gasteiger partial charge in [0, 0.05) is 0 Å². The van der Waals surface area contributed by atoms with E-state index < -0.39 is 4.11 Å². The van der Waals surface area contributed by atoms with E-state index in [0.717, 1.165) is 11.3 Å². The van der Waals surface area contributed by atoms with Crippen LogP contribution in [0.5, 0.6) is 5.75 Å². The lowest BCUT2D eigenvalue weighted by atomic mass is 10.1. The van der Waals surface area contributed by atoms with Crippen LogP contribution < -0.4 is 4.74 Å². The average molecular weight is 358 g/mol. The Hall–Kier alpha value is -1.22. The number of hydrogen-bond donors (Lipinski definition) is 0. The van der Waals surface area contributed by atoms with Gasteiger partial charge in [-0.3, -0.25) is 4.79 Å². The van der Waals surface area contributed by atoms with Crippen LogP contribution in [0.25, 0.3) is 0 Å². The van der Waals surface area contributed by atoms with Crippen molar-refractivity contribution in [2.75, 3.05) is 0 Å². The van der Waals surface area contributed by atoms with Crippen LogP contribution in [-0.4, -0.2) is 16.2 Å². The molecule has 0 aliphatic carbocycles. The number of terminal acetylenes is 1. The lowest BCUT2D eigenvalue weighted by Crippen LogP contribution is -2.12. The van der Waals surface area contributed by atoms with E-state index in [1.54, 1.807) is 0 Å². The van der Waals surface area contributed by atoms with Crippen LogP contribution in [0.15, 0.2) is 24.3 Å². The van der Waals surface area contributed by atoms with Crippen LogP contribution in [0.1, 0.15) is 19.4 Å². The summed E-state index contributed by atoms with van der Waals surface area (Å²) in [6.45, 7) is 3.93. The van der Waals surface area contributed by atoms with Crippen molar-refractivity contribution in [1.29, 1.82) is 0 Å². The van der Waals surface area contributed by atoms with E-state index in [2.05, 4.69) is 5.92 Å². The van der Waals surface area contributed by atoms with Gasteiger partial charge < -0.3 is 9.47 Å². The maximum absolute atomic E-state index is 11.5. The van der Waals surface area contributed by atoms with Gasteiger partial charge in [0.2, 0.25) is 4.11 Å². The second-order valence-corrected chi connectivity index (χ2v) is 5.09. The summed E-state index contributed by atoms with van der Waals surface area (Å²) < 4.78 is 9.98. The Morgan fingerprint density at radius 2 is 2.00 bits per heavy atom. The fraction of sp³-hybridized carbons (Fsp3) is 0.357. The Bertz CT molecular complexity index is 431. The lowest BCUT2D eigenvalue weighted by molar-refractivity contribution is -0.142. The molecule has 18 heavy (non-hydrogen) atoms. The summed E-state index contributed by atoms with van der Waals surface area (Å²) in [5, 5.41) is 0. The summed E-state index contributed by atoms with van der Waals surface area (Å²) in [5.41, 5.74) is 0.872. The third-order valence-electron chi connectivity index (χ3n) is 2.01. The molecule has 0 heterocycles. The van der Waals surface area contributed by atoms with Crippen LogP contribution in [0, 0.1) is 12.3 Å². The van der Waals surface area contributed by atoms with Gasteiger partial charge >= 0.3 is 5.97 Å². The van der Waals surface area contributed by atoms with E-state index >= 15 is 0 Å². The highest BCUT2D eigenvalue weighted by Gasteiger charge is 2.09. The third kappa shape index (κ3) is 5.41. The zero-order valence-corrected chi connectivity index (χ0v) is 12.5. The molecule has 1 aromatic carbocycles. The molecule has 0 fully saturated rings. The molecule has 1 aromatic rings. The lowest BCUT2D eigenvalue weighted by Gasteiger charge is -2.10. The zero-order valence-electron chi connectivity index (χ0n) is 10.4. The number of carbonyl (C=O) groups excluding carboxylic acids is 1. The Morgan fingerprint density at radius 3 is 2.50 bits per heavy atom. The first-order chi connectivity index (χ1) is 8.51. The highest BCUT2D eigenvalue weighted by atomic mass is 127. The molecular weight excluding hydrogens is 343 g/mol. The molecule has 0 spiro atoms. The smallest absolute Gasteiger partial charge is 0.312 e. The summed E-state index contributed by atoms with van der Waals surface area (Å²) in [4.78, 5) is 11.5. The first kappa shape index (κ1) is 14.8. The monoisotopic (exact) mass is 358 g/mol. The van der Waals surface area contributed by atoms with Gasteiger partial charge in [0.15, 0.2) is 0 Å². The molecule has 0 aliphatic heterocycles. The van der Waals surface area contributed by atoms with Gasteiger partial charge in [0.25, 0.3) is 0 Å². The molecular formula is C14H15IO3. The quantitative estimate of drug-likeness (QED) is 0.351. The molecule has 1 unspecified atom stereocenters. The van der Waals surface area contributed by atoms with Gasteiger partial charge in [-0.1, -0.05) is 18.1 Å². The number of hydrogen-bond acceptors (Lipinski definition) is 3. The van der Waals surface area contributed by atoms with Crippen LogP contribution in [0.2, 0.25) is 0 Å². The number of halogens is 1. The second-order valence-electron chi connectivity index (χ2n) is 3.96. The molecule has 3 nitrogen and oxygen atoms in total. The van der Waals surface area contributed by atoms with Crippen molar-refractivity contribution in [2.24, 2.45) is 0 Å². The number of benzene rings is 1. The standard InChI is InChI=1S/C14H15IO3/c1-4-13(15)18-14(16)9-11-5-7-12(8-6-11)17-10(2)3/h1,5-8,10,13H,9H2,2-3H3. The summed E-state index contributed by atoms with van der Waals surface area (Å²) >= 11 is 1.88. The highest BCUT2D eigenvalue weighted by Crippen LogP contribution is 2.15.